The van der Waals surface area contributed by atoms with E-state index in [1.54, 1.807) is 35.6 Å². The molecule has 0 spiro atoms. The van der Waals surface area contributed by atoms with Crippen LogP contribution in [0.15, 0.2) is 39.4 Å². The van der Waals surface area contributed by atoms with Crippen molar-refractivity contribution < 1.29 is 14.4 Å². The zero-order chi connectivity index (χ0) is 28.9. The number of likely N-dealkylation sites (tertiary alicyclic amines) is 1. The number of rotatable bonds is 8. The van der Waals surface area contributed by atoms with Crippen molar-refractivity contribution in [3.8, 4) is 23.1 Å². The molecule has 12 heteroatoms. The molecule has 1 saturated heterocycles. The van der Waals surface area contributed by atoms with Crippen molar-refractivity contribution in [1.29, 1.82) is 0 Å². The summed E-state index contributed by atoms with van der Waals surface area (Å²) in [6.45, 7) is 3.89. The number of Topliss-reactive ketones (excluding diaryl/α,β-unsaturated/α-hetero) is 2. The van der Waals surface area contributed by atoms with Crippen molar-refractivity contribution in [1.82, 2.24) is 34.5 Å². The van der Waals surface area contributed by atoms with Crippen LogP contribution in [0.2, 0.25) is 0 Å². The third kappa shape index (κ3) is 4.99. The molecule has 5 heterocycles. The predicted octanol–water partition coefficient (Wildman–Crippen LogP) is 1.15. The molecule has 0 bridgehead atoms. The number of allylic oxidation sites excluding steroid dienone is 1. The summed E-state index contributed by atoms with van der Waals surface area (Å²) in [5.74, 6) is 6.25. The molecule has 6 rings (SSSR count). The molecule has 1 fully saturated rings. The second-order valence-corrected chi connectivity index (χ2v) is 15.1. The number of amides is 1. The summed E-state index contributed by atoms with van der Waals surface area (Å²) in [6, 6.07) is 0.754. The SMILES string of the molecule is CC(=O)c1nn(CC(=O)N2C(C(=O)C3=N[CH]=[Tl][CH]=C3)C[C@@]3(C)C#C[C@@H]23)c2cnc(-c3cnc(CN(C)C)nc3)cc12. The third-order valence-electron chi connectivity index (χ3n) is 7.55. The van der Waals surface area contributed by atoms with Crippen molar-refractivity contribution in [3.63, 3.8) is 0 Å². The summed E-state index contributed by atoms with van der Waals surface area (Å²) in [5.41, 5.74) is 2.04. The van der Waals surface area contributed by atoms with Crippen molar-refractivity contribution in [2.75, 3.05) is 14.1 Å². The molecule has 41 heavy (non-hydrogen) atoms. The molecule has 3 aromatic rings. The Kier molecular flexibility index (Phi) is 7.06. The van der Waals surface area contributed by atoms with E-state index in [1.165, 1.54) is 11.6 Å². The van der Waals surface area contributed by atoms with Crippen LogP contribution in [0.3, 0.4) is 0 Å². The Morgan fingerprint density at radius 3 is 2.59 bits per heavy atom. The molecule has 0 saturated carbocycles. The molecule has 1 unspecified atom stereocenters. The molecule has 0 N–H and O–H groups in total. The molecule has 3 atom stereocenters. The van der Waals surface area contributed by atoms with Gasteiger partial charge < -0.3 is 4.90 Å². The standard InChI is InChI=1S/C29H27N8O3.Tl/c1-7-20(30-4)28(40)22-11-29(3)9-8-24(29)37(22)26(39)16-36-23-14-31-21(10-19(23)27(34-36)17(2)38)18-12-32-25(33-13-18)15-35(5)6;/h1,4,7,10,12-14,22,24H,11,15-16H2,2-3,5-6H3;/t22?,24-,29-;/m1./s1. The minimum absolute atomic E-state index is 0.157. The number of ketones is 2. The second-order valence-electron chi connectivity index (χ2n) is 11.0. The average Bonchev–Trinajstić information content (AvgIpc) is 3.41. The summed E-state index contributed by atoms with van der Waals surface area (Å²) in [6.07, 6.45) is 7.27. The van der Waals surface area contributed by atoms with Crippen LogP contribution in [0.25, 0.3) is 22.2 Å². The summed E-state index contributed by atoms with van der Waals surface area (Å²) >= 11 is -1.12. The van der Waals surface area contributed by atoms with E-state index in [0.717, 1.165) is 0 Å². The Hall–Kier alpha value is -3.77. The summed E-state index contributed by atoms with van der Waals surface area (Å²) < 4.78 is 5.47. The van der Waals surface area contributed by atoms with E-state index < -0.39 is 35.2 Å². The van der Waals surface area contributed by atoms with Crippen LogP contribution in [0, 0.1) is 17.3 Å². The first kappa shape index (κ1) is 27.4. The second kappa shape index (κ2) is 10.6. The fourth-order valence-corrected chi connectivity index (χ4v) is 7.98. The Balaban J connectivity index is 1.31. The fourth-order valence-electron chi connectivity index (χ4n) is 5.49. The van der Waals surface area contributed by atoms with Crippen molar-refractivity contribution in [2.24, 2.45) is 10.4 Å². The van der Waals surface area contributed by atoms with Gasteiger partial charge in [0.05, 0.1) is 12.2 Å². The van der Waals surface area contributed by atoms with Gasteiger partial charge in [-0.1, -0.05) is 0 Å². The van der Waals surface area contributed by atoms with E-state index in [2.05, 4.69) is 40.5 Å². The predicted molar refractivity (Wildman–Crippen MR) is 154 cm³/mol. The zero-order valence-corrected chi connectivity index (χ0v) is 27.7. The summed E-state index contributed by atoms with van der Waals surface area (Å²) in [4.78, 5) is 61.2. The first-order chi connectivity index (χ1) is 19.6. The fraction of sp³-hybridized carbons (Fsp3) is 0.345. The number of aliphatic imine (C=N–C) groups is 1. The van der Waals surface area contributed by atoms with Gasteiger partial charge in [-0.3, -0.25) is 4.79 Å². The van der Waals surface area contributed by atoms with Gasteiger partial charge in [-0.2, -0.15) is 0 Å². The van der Waals surface area contributed by atoms with E-state index in [4.69, 9.17) is 0 Å². The van der Waals surface area contributed by atoms with Gasteiger partial charge in [-0.25, -0.2) is 9.97 Å². The van der Waals surface area contributed by atoms with Gasteiger partial charge >= 0.3 is 173 Å². The first-order valence-corrected chi connectivity index (χ1v) is 18.5. The maximum absolute atomic E-state index is 13.8. The number of aromatic nitrogens is 5. The zero-order valence-electron chi connectivity index (χ0n) is 23.2. The normalized spacial score (nSPS) is 22.1. The number of pyridine rings is 1. The molecule has 204 valence electrons. The Bertz CT molecular complexity index is 1760. The van der Waals surface area contributed by atoms with Gasteiger partial charge in [0.1, 0.15) is 5.82 Å². The quantitative estimate of drug-likeness (QED) is 0.192. The van der Waals surface area contributed by atoms with E-state index in [0.29, 0.717) is 46.7 Å². The van der Waals surface area contributed by atoms with Crippen LogP contribution < -0.4 is 0 Å². The van der Waals surface area contributed by atoms with Crippen LogP contribution >= 0.6 is 0 Å². The summed E-state index contributed by atoms with van der Waals surface area (Å²) in [7, 11) is 3.89. The number of hydrogen-bond acceptors (Lipinski definition) is 9. The molecule has 3 aliphatic rings. The monoisotopic (exact) mass is 740 g/mol. The third-order valence-corrected chi connectivity index (χ3v) is 10.4. The van der Waals surface area contributed by atoms with Gasteiger partial charge in [0.2, 0.25) is 0 Å². The molecule has 11 nitrogen and oxygen atoms in total. The molecular formula is C29H27N8O3Tl. The van der Waals surface area contributed by atoms with Crippen LogP contribution in [-0.4, -0.2) is 111 Å². The van der Waals surface area contributed by atoms with Crippen LogP contribution in [-0.2, 0) is 22.7 Å². The van der Waals surface area contributed by atoms with Gasteiger partial charge in [0, 0.05) is 24.9 Å². The maximum atomic E-state index is 13.8. The molecule has 2 aliphatic heterocycles. The topological polar surface area (TPSA) is 127 Å². The number of nitrogens with zero attached hydrogens (tertiary/aromatic N) is 8. The molecular weight excluding hydrogens is 713 g/mol. The Morgan fingerprint density at radius 1 is 1.17 bits per heavy atom. The average molecular weight is 740 g/mol. The Morgan fingerprint density at radius 2 is 1.95 bits per heavy atom. The van der Waals surface area contributed by atoms with E-state index in [1.807, 2.05) is 29.6 Å². The molecule has 0 aromatic carbocycles. The van der Waals surface area contributed by atoms with Crippen molar-refractivity contribution in [3.05, 3.63) is 45.9 Å². The number of hydrogen-bond donors (Lipinski definition) is 0. The van der Waals surface area contributed by atoms with Crippen molar-refractivity contribution >= 4 is 61.5 Å². The molecule has 3 aromatic heterocycles. The summed E-state index contributed by atoms with van der Waals surface area (Å²) in [5, 5.41) is 5.09. The van der Waals surface area contributed by atoms with E-state index >= 15 is 0 Å². The van der Waals surface area contributed by atoms with Crippen molar-refractivity contribution in [2.45, 2.75) is 45.4 Å². The van der Waals surface area contributed by atoms with Crippen LogP contribution in [0.5, 0.6) is 0 Å². The Labute approximate surface area is 248 Å². The number of carbonyl (C=O) groups excluding carboxylic acids is 3. The van der Waals surface area contributed by atoms with E-state index in [9.17, 15) is 14.4 Å². The first-order valence-electron chi connectivity index (χ1n) is 13.3. The number of carbonyl (C=O) groups is 3. The van der Waals surface area contributed by atoms with Gasteiger partial charge in [-0.05, 0) is 14.1 Å². The van der Waals surface area contributed by atoms with Crippen LogP contribution in [0.4, 0.5) is 0 Å². The minimum atomic E-state index is -1.12. The van der Waals surface area contributed by atoms with E-state index in [-0.39, 0.29) is 35.8 Å². The van der Waals surface area contributed by atoms with Gasteiger partial charge in [-0.15, -0.1) is 0 Å². The molecule has 0 radical (unpaired) electrons. The van der Waals surface area contributed by atoms with Crippen LogP contribution in [0.1, 0.15) is 36.6 Å². The van der Waals surface area contributed by atoms with Gasteiger partial charge in [0.15, 0.2) is 0 Å². The van der Waals surface area contributed by atoms with Gasteiger partial charge in [0.25, 0.3) is 0 Å². The molecule has 1 aliphatic carbocycles. The molecule has 1 amide bonds. The number of fused-ring (bicyclic) bond motifs is 2.